The number of rotatable bonds is 8. The van der Waals surface area contributed by atoms with Crippen LogP contribution in [0.15, 0.2) is 24.3 Å². The van der Waals surface area contributed by atoms with Crippen molar-refractivity contribution in [1.82, 2.24) is 5.32 Å². The van der Waals surface area contributed by atoms with Crippen LogP contribution in [-0.4, -0.2) is 30.0 Å². The zero-order chi connectivity index (χ0) is 15.0. The van der Waals surface area contributed by atoms with Crippen LogP contribution in [0.25, 0.3) is 0 Å². The number of anilines is 1. The molecule has 0 fully saturated rings. The van der Waals surface area contributed by atoms with Crippen LogP contribution in [0.5, 0.6) is 0 Å². The summed E-state index contributed by atoms with van der Waals surface area (Å²) in [5.41, 5.74) is 6.03. The summed E-state index contributed by atoms with van der Waals surface area (Å²) in [7, 11) is 0. The average Bonchev–Trinajstić information content (AvgIpc) is 2.41. The van der Waals surface area contributed by atoms with Gasteiger partial charge in [0, 0.05) is 31.6 Å². The number of amides is 1. The Hall–Kier alpha value is -1.86. The van der Waals surface area contributed by atoms with Gasteiger partial charge in [-0.3, -0.25) is 14.9 Å². The molecule has 0 saturated heterocycles. The topological polar surface area (TPSA) is 110 Å². The molecule has 0 aliphatic carbocycles. The van der Waals surface area contributed by atoms with Crippen molar-refractivity contribution >= 4 is 29.7 Å². The van der Waals surface area contributed by atoms with Crippen molar-refractivity contribution in [2.45, 2.75) is 25.8 Å². The van der Waals surface area contributed by atoms with Gasteiger partial charge in [0.2, 0.25) is 5.91 Å². The summed E-state index contributed by atoms with van der Waals surface area (Å²) < 4.78 is 0. The number of nitrogens with two attached hydrogens (primary N) is 1. The molecule has 1 unspecified atom stereocenters. The van der Waals surface area contributed by atoms with E-state index in [1.165, 1.54) is 6.07 Å². The van der Waals surface area contributed by atoms with Gasteiger partial charge in [0.05, 0.1) is 4.92 Å². The zero-order valence-corrected chi connectivity index (χ0v) is 12.7. The molecule has 0 saturated carbocycles. The fourth-order valence-corrected chi connectivity index (χ4v) is 1.63. The second-order valence-electron chi connectivity index (χ2n) is 4.57. The van der Waals surface area contributed by atoms with Gasteiger partial charge in [0.25, 0.3) is 5.69 Å². The molecule has 7 nitrogen and oxygen atoms in total. The third-order valence-corrected chi connectivity index (χ3v) is 2.69. The molecule has 1 amide bonds. The fourth-order valence-electron chi connectivity index (χ4n) is 1.63. The number of hydrogen-bond acceptors (Lipinski definition) is 5. The van der Waals surface area contributed by atoms with Crippen molar-refractivity contribution in [3.63, 3.8) is 0 Å². The van der Waals surface area contributed by atoms with Crippen LogP contribution in [0.2, 0.25) is 0 Å². The number of hydrogen-bond donors (Lipinski definition) is 3. The van der Waals surface area contributed by atoms with Crippen molar-refractivity contribution in [2.24, 2.45) is 5.73 Å². The molecule has 4 N–H and O–H groups in total. The van der Waals surface area contributed by atoms with Gasteiger partial charge in [0.1, 0.15) is 5.69 Å². The summed E-state index contributed by atoms with van der Waals surface area (Å²) in [4.78, 5) is 21.8. The molecule has 1 aromatic carbocycles. The van der Waals surface area contributed by atoms with Crippen molar-refractivity contribution in [1.29, 1.82) is 0 Å². The number of nitro benzene ring substituents is 1. The smallest absolute Gasteiger partial charge is 0.292 e. The highest BCUT2D eigenvalue weighted by Crippen LogP contribution is 2.22. The maximum atomic E-state index is 11.4. The molecule has 0 radical (unpaired) electrons. The average molecular weight is 317 g/mol. The molecule has 118 valence electrons. The van der Waals surface area contributed by atoms with Crippen LogP contribution in [0.4, 0.5) is 11.4 Å². The molecule has 8 heteroatoms. The van der Waals surface area contributed by atoms with Crippen LogP contribution in [-0.2, 0) is 4.79 Å². The Morgan fingerprint density at radius 2 is 2.05 bits per heavy atom. The number of carbonyl (C=O) groups is 1. The van der Waals surface area contributed by atoms with E-state index < -0.39 is 4.92 Å². The van der Waals surface area contributed by atoms with Gasteiger partial charge in [-0.1, -0.05) is 12.1 Å². The maximum absolute atomic E-state index is 11.4. The molecule has 21 heavy (non-hydrogen) atoms. The molecule has 0 aromatic heterocycles. The largest absolute Gasteiger partial charge is 0.378 e. The summed E-state index contributed by atoms with van der Waals surface area (Å²) in [6.07, 6.45) is 1.03. The predicted molar refractivity (Wildman–Crippen MR) is 84.7 cm³/mol. The van der Waals surface area contributed by atoms with Crippen LogP contribution < -0.4 is 16.4 Å². The lowest BCUT2D eigenvalue weighted by atomic mass is 10.2. The Morgan fingerprint density at radius 1 is 1.38 bits per heavy atom. The molecule has 0 bridgehead atoms. The molecule has 1 aromatic rings. The van der Waals surface area contributed by atoms with Crippen molar-refractivity contribution in [3.05, 3.63) is 34.4 Å². The van der Waals surface area contributed by atoms with Gasteiger partial charge < -0.3 is 16.4 Å². The minimum Gasteiger partial charge on any atom is -0.378 e. The van der Waals surface area contributed by atoms with Crippen molar-refractivity contribution in [2.75, 3.05) is 18.4 Å². The second-order valence-corrected chi connectivity index (χ2v) is 4.57. The third-order valence-electron chi connectivity index (χ3n) is 2.69. The Labute approximate surface area is 129 Å². The number of nitrogens with one attached hydrogen (secondary N) is 2. The van der Waals surface area contributed by atoms with Crippen molar-refractivity contribution in [3.8, 4) is 0 Å². The van der Waals surface area contributed by atoms with E-state index in [1.54, 1.807) is 18.2 Å². The highest BCUT2D eigenvalue weighted by molar-refractivity contribution is 5.85. The monoisotopic (exact) mass is 316 g/mol. The molecule has 1 rings (SSSR count). The van der Waals surface area contributed by atoms with Gasteiger partial charge in [-0.15, -0.1) is 12.4 Å². The Bertz CT molecular complexity index is 468. The van der Waals surface area contributed by atoms with Crippen LogP contribution in [0.1, 0.15) is 19.8 Å². The van der Waals surface area contributed by atoms with Crippen LogP contribution >= 0.6 is 12.4 Å². The van der Waals surface area contributed by atoms with Gasteiger partial charge in [-0.05, 0) is 19.4 Å². The number of nitrogens with zero attached hydrogens (tertiary/aromatic N) is 1. The number of para-hydroxylation sites is 2. The second kappa shape index (κ2) is 9.95. The Morgan fingerprint density at radius 3 is 2.67 bits per heavy atom. The third kappa shape index (κ3) is 7.48. The summed E-state index contributed by atoms with van der Waals surface area (Å²) in [5, 5.41) is 16.5. The van der Waals surface area contributed by atoms with Gasteiger partial charge in [0.15, 0.2) is 0 Å². The number of benzene rings is 1. The number of halogens is 1. The fraction of sp³-hybridized carbons (Fsp3) is 0.462. The lowest BCUT2D eigenvalue weighted by molar-refractivity contribution is -0.384. The number of nitro groups is 1. The quantitative estimate of drug-likeness (QED) is 0.384. The van der Waals surface area contributed by atoms with Crippen molar-refractivity contribution < 1.29 is 9.72 Å². The van der Waals surface area contributed by atoms with E-state index in [1.807, 2.05) is 6.92 Å². The van der Waals surface area contributed by atoms with E-state index >= 15 is 0 Å². The maximum Gasteiger partial charge on any atom is 0.292 e. The van der Waals surface area contributed by atoms with E-state index in [2.05, 4.69) is 10.6 Å². The normalized spacial score (nSPS) is 11.1. The first-order chi connectivity index (χ1) is 9.50. The van der Waals surface area contributed by atoms with E-state index in [9.17, 15) is 14.9 Å². The minimum absolute atomic E-state index is 0. The summed E-state index contributed by atoms with van der Waals surface area (Å²) in [5.74, 6) is -0.0633. The van der Waals surface area contributed by atoms with Gasteiger partial charge in [-0.25, -0.2) is 0 Å². The van der Waals surface area contributed by atoms with Gasteiger partial charge >= 0.3 is 0 Å². The molecule has 0 heterocycles. The van der Waals surface area contributed by atoms with E-state index in [4.69, 9.17) is 5.73 Å². The zero-order valence-electron chi connectivity index (χ0n) is 11.9. The summed E-state index contributed by atoms with van der Waals surface area (Å²) in [6.45, 7) is 2.68. The molecular weight excluding hydrogens is 296 g/mol. The van der Waals surface area contributed by atoms with Crippen LogP contribution in [0, 0.1) is 10.1 Å². The molecule has 0 spiro atoms. The first kappa shape index (κ1) is 19.1. The molecular formula is C13H21ClN4O3. The summed E-state index contributed by atoms with van der Waals surface area (Å²) >= 11 is 0. The first-order valence-electron chi connectivity index (χ1n) is 6.50. The predicted octanol–water partition coefficient (Wildman–Crippen LogP) is 1.67. The molecule has 1 atom stereocenters. The van der Waals surface area contributed by atoms with E-state index in [0.29, 0.717) is 31.6 Å². The highest BCUT2D eigenvalue weighted by atomic mass is 35.5. The molecule has 0 aliphatic rings. The van der Waals surface area contributed by atoms with Crippen LogP contribution in [0.3, 0.4) is 0 Å². The Balaban J connectivity index is 0.00000400. The van der Waals surface area contributed by atoms with E-state index in [-0.39, 0.29) is 30.0 Å². The summed E-state index contributed by atoms with van der Waals surface area (Å²) in [6, 6.07) is 6.40. The number of carbonyl (C=O) groups excluding carboxylic acids is 1. The van der Waals surface area contributed by atoms with Gasteiger partial charge in [-0.2, -0.15) is 0 Å². The Kier molecular flexibility index (Phi) is 9.07. The first-order valence-corrected chi connectivity index (χ1v) is 6.50. The molecule has 0 aliphatic heterocycles. The highest BCUT2D eigenvalue weighted by Gasteiger charge is 2.11. The lowest BCUT2D eigenvalue weighted by Crippen LogP contribution is -2.30. The minimum atomic E-state index is -0.441. The van der Waals surface area contributed by atoms with E-state index in [0.717, 1.165) is 0 Å². The lowest BCUT2D eigenvalue weighted by Gasteiger charge is -2.09. The standard InChI is InChI=1S/C13H20N4O3.ClH/c1-10(14)6-7-13(18)16-9-8-15-11-4-2-3-5-12(11)17(19)20;/h2-5,10,15H,6-9,14H2,1H3,(H,16,18);1H. The SMILES string of the molecule is CC(N)CCC(=O)NCCNc1ccccc1[N+](=O)[O-].Cl.